The van der Waals surface area contributed by atoms with Crippen LogP contribution in [0.1, 0.15) is 23.0 Å². The molecule has 2 heterocycles. The number of benzene rings is 2. The fourth-order valence-electron chi connectivity index (χ4n) is 2.82. The molecular formula is C19H15N5O3S. The van der Waals surface area contributed by atoms with Crippen molar-refractivity contribution in [2.75, 3.05) is 6.61 Å². The molecule has 28 heavy (non-hydrogen) atoms. The minimum absolute atomic E-state index is 0.221. The highest BCUT2D eigenvalue weighted by atomic mass is 32.1. The summed E-state index contributed by atoms with van der Waals surface area (Å²) in [7, 11) is 0. The van der Waals surface area contributed by atoms with Gasteiger partial charge in [0.2, 0.25) is 0 Å². The monoisotopic (exact) mass is 393 g/mol. The van der Waals surface area contributed by atoms with Gasteiger partial charge in [-0.25, -0.2) is 9.78 Å². The van der Waals surface area contributed by atoms with Gasteiger partial charge in [-0.05, 0) is 30.7 Å². The molecule has 140 valence electrons. The van der Waals surface area contributed by atoms with Crippen molar-refractivity contribution in [2.45, 2.75) is 13.5 Å². The predicted octanol–water partition coefficient (Wildman–Crippen LogP) is 5.33. The Bertz CT molecular complexity index is 1220. The van der Waals surface area contributed by atoms with Crippen molar-refractivity contribution in [2.24, 2.45) is 5.11 Å². The highest BCUT2D eigenvalue weighted by Gasteiger charge is 2.15. The molecule has 4 rings (SSSR count). The second kappa shape index (κ2) is 7.59. The number of imidazole rings is 1. The molecule has 2 aromatic carbocycles. The number of esters is 1. The Morgan fingerprint density at radius 3 is 3.00 bits per heavy atom. The maximum absolute atomic E-state index is 11.9. The molecule has 0 radical (unpaired) electrons. The molecule has 0 bridgehead atoms. The van der Waals surface area contributed by atoms with E-state index in [0.717, 1.165) is 15.8 Å². The Labute approximate surface area is 163 Å². The number of thiazole rings is 1. The zero-order valence-electron chi connectivity index (χ0n) is 14.9. The maximum atomic E-state index is 11.9. The van der Waals surface area contributed by atoms with Crippen molar-refractivity contribution in [3.8, 4) is 11.5 Å². The van der Waals surface area contributed by atoms with E-state index >= 15 is 0 Å². The fourth-order valence-corrected chi connectivity index (χ4v) is 3.85. The topological polar surface area (TPSA) is 102 Å². The van der Waals surface area contributed by atoms with Crippen LogP contribution in [0.25, 0.3) is 25.6 Å². The van der Waals surface area contributed by atoms with E-state index < -0.39 is 5.97 Å². The summed E-state index contributed by atoms with van der Waals surface area (Å²) < 4.78 is 13.8. The molecule has 9 heteroatoms. The molecule has 0 saturated carbocycles. The summed E-state index contributed by atoms with van der Waals surface area (Å²) in [6, 6.07) is 13.1. The van der Waals surface area contributed by atoms with Crippen molar-refractivity contribution in [3.05, 3.63) is 70.4 Å². The van der Waals surface area contributed by atoms with Gasteiger partial charge in [0.25, 0.3) is 0 Å². The standard InChI is InChI=1S/C19H15N5O3S/c1-2-26-18(25)14-11-24-15-8-7-13(9-17(15)28-19(24)22-14)27-16-6-4-3-5-12(16)10-21-23-20/h3-9,11H,2,10H2,1H3. The van der Waals surface area contributed by atoms with Crippen LogP contribution in [0.2, 0.25) is 0 Å². The Morgan fingerprint density at radius 2 is 2.18 bits per heavy atom. The number of rotatable bonds is 6. The third kappa shape index (κ3) is 3.36. The molecule has 0 aliphatic heterocycles. The molecule has 0 atom stereocenters. The van der Waals surface area contributed by atoms with Crippen molar-refractivity contribution in [1.82, 2.24) is 9.38 Å². The number of hydrogen-bond acceptors (Lipinski definition) is 6. The van der Waals surface area contributed by atoms with Crippen LogP contribution >= 0.6 is 11.3 Å². The van der Waals surface area contributed by atoms with Crippen LogP contribution in [-0.2, 0) is 11.3 Å². The summed E-state index contributed by atoms with van der Waals surface area (Å²) in [5.74, 6) is 0.874. The second-order valence-corrected chi connectivity index (χ2v) is 6.84. The first-order valence-electron chi connectivity index (χ1n) is 8.55. The van der Waals surface area contributed by atoms with Crippen LogP contribution in [-0.4, -0.2) is 22.0 Å². The summed E-state index contributed by atoms with van der Waals surface area (Å²) >= 11 is 1.46. The number of carbonyl (C=O) groups is 1. The van der Waals surface area contributed by atoms with Crippen LogP contribution in [0.5, 0.6) is 11.5 Å². The third-order valence-corrected chi connectivity index (χ3v) is 5.07. The maximum Gasteiger partial charge on any atom is 0.358 e. The van der Waals surface area contributed by atoms with Gasteiger partial charge in [0.05, 0.1) is 23.4 Å². The summed E-state index contributed by atoms with van der Waals surface area (Å²) in [5.41, 5.74) is 10.6. The van der Waals surface area contributed by atoms with E-state index in [4.69, 9.17) is 15.0 Å². The lowest BCUT2D eigenvalue weighted by molar-refractivity contribution is 0.0520. The normalized spacial score (nSPS) is 10.8. The number of aromatic nitrogens is 2. The molecule has 0 amide bonds. The number of nitrogens with zero attached hydrogens (tertiary/aromatic N) is 5. The number of fused-ring (bicyclic) bond motifs is 3. The largest absolute Gasteiger partial charge is 0.461 e. The lowest BCUT2D eigenvalue weighted by atomic mass is 10.2. The fraction of sp³-hybridized carbons (Fsp3) is 0.158. The molecule has 4 aromatic rings. The van der Waals surface area contributed by atoms with Gasteiger partial charge >= 0.3 is 5.97 Å². The van der Waals surface area contributed by atoms with Crippen LogP contribution in [0, 0.1) is 0 Å². The van der Waals surface area contributed by atoms with Crippen LogP contribution in [0.3, 0.4) is 0 Å². The van der Waals surface area contributed by atoms with Gasteiger partial charge < -0.3 is 9.47 Å². The van der Waals surface area contributed by atoms with E-state index in [1.54, 1.807) is 13.1 Å². The molecule has 0 spiro atoms. The summed E-state index contributed by atoms with van der Waals surface area (Å²) in [5, 5.41) is 3.60. The zero-order chi connectivity index (χ0) is 19.5. The number of carbonyl (C=O) groups excluding carboxylic acids is 1. The van der Waals surface area contributed by atoms with Gasteiger partial charge in [0, 0.05) is 22.7 Å². The lowest BCUT2D eigenvalue weighted by Crippen LogP contribution is -2.04. The van der Waals surface area contributed by atoms with E-state index in [0.29, 0.717) is 28.8 Å². The number of hydrogen-bond donors (Lipinski definition) is 0. The van der Waals surface area contributed by atoms with Crippen LogP contribution in [0.4, 0.5) is 0 Å². The van der Waals surface area contributed by atoms with Gasteiger partial charge in [0.1, 0.15) is 11.5 Å². The molecule has 0 fully saturated rings. The molecule has 0 aliphatic rings. The Balaban J connectivity index is 1.65. The number of para-hydroxylation sites is 1. The molecule has 8 nitrogen and oxygen atoms in total. The summed E-state index contributed by atoms with van der Waals surface area (Å²) in [6.07, 6.45) is 1.68. The lowest BCUT2D eigenvalue weighted by Gasteiger charge is -2.09. The van der Waals surface area contributed by atoms with E-state index in [2.05, 4.69) is 15.0 Å². The smallest absolute Gasteiger partial charge is 0.358 e. The predicted molar refractivity (Wildman–Crippen MR) is 106 cm³/mol. The second-order valence-electron chi connectivity index (χ2n) is 5.83. The zero-order valence-corrected chi connectivity index (χ0v) is 15.7. The molecule has 0 aliphatic carbocycles. The summed E-state index contributed by atoms with van der Waals surface area (Å²) in [6.45, 7) is 2.29. The minimum Gasteiger partial charge on any atom is -0.461 e. The Morgan fingerprint density at radius 1 is 1.32 bits per heavy atom. The highest BCUT2D eigenvalue weighted by Crippen LogP contribution is 2.32. The first-order valence-corrected chi connectivity index (χ1v) is 9.36. The van der Waals surface area contributed by atoms with Gasteiger partial charge in [-0.15, -0.1) is 0 Å². The highest BCUT2D eigenvalue weighted by molar-refractivity contribution is 7.23. The molecule has 2 aromatic heterocycles. The summed E-state index contributed by atoms with van der Waals surface area (Å²) in [4.78, 5) is 19.7. The average molecular weight is 393 g/mol. The van der Waals surface area contributed by atoms with E-state index in [9.17, 15) is 4.79 Å². The third-order valence-electron chi connectivity index (χ3n) is 4.05. The quantitative estimate of drug-likeness (QED) is 0.191. The minimum atomic E-state index is -0.428. The van der Waals surface area contributed by atoms with Gasteiger partial charge in [-0.2, -0.15) is 0 Å². The SMILES string of the molecule is CCOC(=O)c1cn2c(n1)sc1cc(Oc3ccccc3CN=[N+]=[N-])ccc12. The van der Waals surface area contributed by atoms with Crippen molar-refractivity contribution in [1.29, 1.82) is 0 Å². The Kier molecular flexibility index (Phi) is 4.84. The van der Waals surface area contributed by atoms with E-state index in [1.165, 1.54) is 11.3 Å². The van der Waals surface area contributed by atoms with Gasteiger partial charge in [-0.3, -0.25) is 4.40 Å². The first-order chi connectivity index (χ1) is 13.7. The molecule has 0 N–H and O–H groups in total. The molecular weight excluding hydrogens is 378 g/mol. The average Bonchev–Trinajstić information content (AvgIpc) is 3.25. The van der Waals surface area contributed by atoms with Gasteiger partial charge in [-0.1, -0.05) is 34.7 Å². The van der Waals surface area contributed by atoms with Gasteiger partial charge in [0.15, 0.2) is 10.7 Å². The first kappa shape index (κ1) is 17.8. The van der Waals surface area contributed by atoms with Crippen molar-refractivity contribution in [3.63, 3.8) is 0 Å². The van der Waals surface area contributed by atoms with Crippen LogP contribution in [0.15, 0.2) is 53.8 Å². The molecule has 0 unspecified atom stereocenters. The van der Waals surface area contributed by atoms with Crippen LogP contribution < -0.4 is 4.74 Å². The number of azide groups is 1. The van der Waals surface area contributed by atoms with Crippen molar-refractivity contribution >= 4 is 32.5 Å². The van der Waals surface area contributed by atoms with E-state index in [1.807, 2.05) is 46.9 Å². The van der Waals surface area contributed by atoms with Crippen molar-refractivity contribution < 1.29 is 14.3 Å². The molecule has 0 saturated heterocycles. The number of ether oxygens (including phenoxy) is 2. The van der Waals surface area contributed by atoms with E-state index in [-0.39, 0.29) is 6.54 Å². The Hall–Kier alpha value is -3.55.